The Bertz CT molecular complexity index is 564. The molecule has 2 aromatic rings. The zero-order valence-corrected chi connectivity index (χ0v) is 11.9. The van der Waals surface area contributed by atoms with Crippen molar-refractivity contribution in [3.05, 3.63) is 42.0 Å². The maximum Gasteiger partial charge on any atom is 0.185 e. The van der Waals surface area contributed by atoms with E-state index in [-0.39, 0.29) is 5.78 Å². The van der Waals surface area contributed by atoms with Gasteiger partial charge in [-0.05, 0) is 24.5 Å². The smallest absolute Gasteiger partial charge is 0.185 e. The van der Waals surface area contributed by atoms with Gasteiger partial charge in [-0.25, -0.2) is 0 Å². The second-order valence-electron chi connectivity index (χ2n) is 4.57. The molecule has 0 bridgehead atoms. The van der Waals surface area contributed by atoms with Crippen molar-refractivity contribution in [2.45, 2.75) is 32.7 Å². The van der Waals surface area contributed by atoms with E-state index in [0.29, 0.717) is 24.3 Å². The van der Waals surface area contributed by atoms with Crippen molar-refractivity contribution in [3.63, 3.8) is 0 Å². The summed E-state index contributed by atoms with van der Waals surface area (Å²) in [7, 11) is 1.56. The summed E-state index contributed by atoms with van der Waals surface area (Å²) in [5, 5.41) is 4.21. The molecule has 0 saturated heterocycles. The van der Waals surface area contributed by atoms with Crippen molar-refractivity contribution in [3.8, 4) is 5.75 Å². The molecule has 0 N–H and O–H groups in total. The maximum absolute atomic E-state index is 12.4. The molecular weight excluding hydrogens is 254 g/mol. The predicted octanol–water partition coefficient (Wildman–Crippen LogP) is 2.51. The number of carbonyl (C=O) groups is 1. The molecule has 2 heterocycles. The number of hydrogen-bond acceptors (Lipinski definition) is 4. The van der Waals surface area contributed by atoms with Crippen LogP contribution in [0, 0.1) is 0 Å². The molecule has 2 rings (SSSR count). The summed E-state index contributed by atoms with van der Waals surface area (Å²) < 4.78 is 6.96. The summed E-state index contributed by atoms with van der Waals surface area (Å²) >= 11 is 0. The topological polar surface area (TPSA) is 57.0 Å². The largest absolute Gasteiger partial charge is 0.493 e. The zero-order valence-electron chi connectivity index (χ0n) is 11.9. The van der Waals surface area contributed by atoms with Crippen LogP contribution in [0.3, 0.4) is 0 Å². The highest BCUT2D eigenvalue weighted by atomic mass is 16.5. The third-order valence-electron chi connectivity index (χ3n) is 3.09. The number of aryl methyl sites for hydroxylation is 2. The molecule has 0 radical (unpaired) electrons. The lowest BCUT2D eigenvalue weighted by Crippen LogP contribution is -2.12. The summed E-state index contributed by atoms with van der Waals surface area (Å²) in [4.78, 5) is 16.4. The number of ketones is 1. The van der Waals surface area contributed by atoms with Crippen LogP contribution in [-0.4, -0.2) is 27.7 Å². The minimum atomic E-state index is 0.0525. The standard InChI is InChI=1S/C15H19N3O2/c1-3-9-18-15(14(20-2)11-17-18)13(19)7-6-12-5-4-8-16-10-12/h4-5,8,10-11H,3,6-7,9H2,1-2H3. The molecule has 0 aliphatic carbocycles. The molecule has 0 saturated carbocycles. The van der Waals surface area contributed by atoms with Gasteiger partial charge in [0.2, 0.25) is 0 Å². The molecule has 0 unspecified atom stereocenters. The molecular formula is C15H19N3O2. The van der Waals surface area contributed by atoms with Crippen molar-refractivity contribution in [1.82, 2.24) is 14.8 Å². The minimum absolute atomic E-state index is 0.0525. The van der Waals surface area contributed by atoms with Crippen LogP contribution in [0.2, 0.25) is 0 Å². The van der Waals surface area contributed by atoms with Crippen molar-refractivity contribution in [1.29, 1.82) is 0 Å². The highest BCUT2D eigenvalue weighted by Gasteiger charge is 2.18. The molecule has 0 aliphatic rings. The third kappa shape index (κ3) is 3.23. The van der Waals surface area contributed by atoms with Gasteiger partial charge in [-0.2, -0.15) is 5.10 Å². The number of aromatic nitrogens is 3. The SMILES string of the molecule is CCCn1ncc(OC)c1C(=O)CCc1cccnc1. The number of methoxy groups -OCH3 is 1. The monoisotopic (exact) mass is 273 g/mol. The first-order valence-corrected chi connectivity index (χ1v) is 6.78. The van der Waals surface area contributed by atoms with Crippen LogP contribution in [0.4, 0.5) is 0 Å². The van der Waals surface area contributed by atoms with Crippen LogP contribution >= 0.6 is 0 Å². The zero-order chi connectivity index (χ0) is 14.4. The Labute approximate surface area is 118 Å². The van der Waals surface area contributed by atoms with Gasteiger partial charge in [-0.3, -0.25) is 14.5 Å². The van der Waals surface area contributed by atoms with Gasteiger partial charge in [0.15, 0.2) is 11.5 Å². The quantitative estimate of drug-likeness (QED) is 0.727. The number of carbonyl (C=O) groups excluding carboxylic acids is 1. The Balaban J connectivity index is 2.10. The highest BCUT2D eigenvalue weighted by Crippen LogP contribution is 2.20. The van der Waals surface area contributed by atoms with Crippen molar-refractivity contribution < 1.29 is 9.53 Å². The second kappa shape index (κ2) is 6.84. The summed E-state index contributed by atoms with van der Waals surface area (Å²) in [5.41, 5.74) is 1.62. The lowest BCUT2D eigenvalue weighted by Gasteiger charge is -2.07. The molecule has 20 heavy (non-hydrogen) atoms. The van der Waals surface area contributed by atoms with Gasteiger partial charge in [-0.15, -0.1) is 0 Å². The van der Waals surface area contributed by atoms with E-state index in [4.69, 9.17) is 4.74 Å². The van der Waals surface area contributed by atoms with E-state index < -0.39 is 0 Å². The Hall–Kier alpha value is -2.17. The van der Waals surface area contributed by atoms with Crippen LogP contribution in [0.5, 0.6) is 5.75 Å². The first kappa shape index (κ1) is 14.2. The van der Waals surface area contributed by atoms with Gasteiger partial charge in [-0.1, -0.05) is 13.0 Å². The van der Waals surface area contributed by atoms with Crippen LogP contribution in [-0.2, 0) is 13.0 Å². The van der Waals surface area contributed by atoms with Crippen LogP contribution < -0.4 is 4.74 Å². The molecule has 106 valence electrons. The normalized spacial score (nSPS) is 10.5. The number of Topliss-reactive ketones (excluding diaryl/α,β-unsaturated/α-hetero) is 1. The fourth-order valence-electron chi connectivity index (χ4n) is 2.10. The van der Waals surface area contributed by atoms with E-state index in [0.717, 1.165) is 18.5 Å². The number of pyridine rings is 1. The molecule has 0 aliphatic heterocycles. The first-order chi connectivity index (χ1) is 9.76. The molecule has 5 nitrogen and oxygen atoms in total. The molecule has 0 spiro atoms. The lowest BCUT2D eigenvalue weighted by molar-refractivity contribution is 0.0969. The molecule has 0 aromatic carbocycles. The Morgan fingerprint density at radius 1 is 1.40 bits per heavy atom. The number of nitrogens with zero attached hydrogens (tertiary/aromatic N) is 3. The second-order valence-corrected chi connectivity index (χ2v) is 4.57. The Morgan fingerprint density at radius 3 is 2.90 bits per heavy atom. The average molecular weight is 273 g/mol. The molecule has 0 amide bonds. The van der Waals surface area contributed by atoms with E-state index in [1.807, 2.05) is 12.1 Å². The van der Waals surface area contributed by atoms with Gasteiger partial charge in [0.05, 0.1) is 13.3 Å². The lowest BCUT2D eigenvalue weighted by atomic mass is 10.1. The van der Waals surface area contributed by atoms with Crippen molar-refractivity contribution in [2.75, 3.05) is 7.11 Å². The fraction of sp³-hybridized carbons (Fsp3) is 0.400. The third-order valence-corrected chi connectivity index (χ3v) is 3.09. The van der Waals surface area contributed by atoms with Crippen LogP contribution in [0.25, 0.3) is 0 Å². The van der Waals surface area contributed by atoms with Gasteiger partial charge in [0.25, 0.3) is 0 Å². The van der Waals surface area contributed by atoms with Gasteiger partial charge < -0.3 is 4.74 Å². The van der Waals surface area contributed by atoms with Gasteiger partial charge in [0, 0.05) is 25.4 Å². The van der Waals surface area contributed by atoms with E-state index in [1.165, 1.54) is 0 Å². The predicted molar refractivity (Wildman–Crippen MR) is 76.0 cm³/mol. The van der Waals surface area contributed by atoms with Gasteiger partial charge >= 0.3 is 0 Å². The van der Waals surface area contributed by atoms with Crippen molar-refractivity contribution >= 4 is 5.78 Å². The van der Waals surface area contributed by atoms with Gasteiger partial charge in [0.1, 0.15) is 5.69 Å². The number of hydrogen-bond donors (Lipinski definition) is 0. The number of ether oxygens (including phenoxy) is 1. The van der Waals surface area contributed by atoms with E-state index in [9.17, 15) is 4.79 Å². The summed E-state index contributed by atoms with van der Waals surface area (Å²) in [6, 6.07) is 3.85. The van der Waals surface area contributed by atoms with Crippen molar-refractivity contribution in [2.24, 2.45) is 0 Å². The first-order valence-electron chi connectivity index (χ1n) is 6.78. The highest BCUT2D eigenvalue weighted by molar-refractivity contribution is 5.97. The van der Waals surface area contributed by atoms with Crippen LogP contribution in [0.15, 0.2) is 30.7 Å². The van der Waals surface area contributed by atoms with E-state index in [2.05, 4.69) is 17.0 Å². The molecule has 0 fully saturated rings. The molecule has 2 aromatic heterocycles. The number of rotatable bonds is 7. The Morgan fingerprint density at radius 2 is 2.25 bits per heavy atom. The average Bonchev–Trinajstić information content (AvgIpc) is 2.89. The Kier molecular flexibility index (Phi) is 4.87. The fourth-order valence-corrected chi connectivity index (χ4v) is 2.10. The minimum Gasteiger partial charge on any atom is -0.493 e. The van der Waals surface area contributed by atoms with E-state index >= 15 is 0 Å². The summed E-state index contributed by atoms with van der Waals surface area (Å²) in [5.74, 6) is 0.603. The van der Waals surface area contributed by atoms with E-state index in [1.54, 1.807) is 30.4 Å². The van der Waals surface area contributed by atoms with Crippen LogP contribution in [0.1, 0.15) is 35.8 Å². The summed E-state index contributed by atoms with van der Waals surface area (Å²) in [6.07, 6.45) is 7.14. The molecule has 5 heteroatoms. The molecule has 0 atom stereocenters. The maximum atomic E-state index is 12.4. The summed E-state index contributed by atoms with van der Waals surface area (Å²) in [6.45, 7) is 2.77.